The summed E-state index contributed by atoms with van der Waals surface area (Å²) in [5.41, 5.74) is 0. The molecule has 0 atom stereocenters. The van der Waals surface area contributed by atoms with Gasteiger partial charge in [0.15, 0.2) is 0 Å². The largest absolute Gasteiger partial charge is 0.238 e. The second-order valence-electron chi connectivity index (χ2n) is 3.65. The van der Waals surface area contributed by atoms with Crippen molar-refractivity contribution in [2.75, 3.05) is 0 Å². The number of hydrogen-bond donors (Lipinski definition) is 0. The first-order chi connectivity index (χ1) is 6.27. The molecular weight excluding hydrogens is 170 g/mol. The molecule has 0 radical (unpaired) electrons. The van der Waals surface area contributed by atoms with Crippen LogP contribution in [0.1, 0.15) is 64.7 Å². The smallest absolute Gasteiger partial charge is 0.211 e. The van der Waals surface area contributed by atoms with Crippen LogP contribution in [0.5, 0.6) is 0 Å². The monoisotopic (exact) mass is 192 g/mol. The van der Waals surface area contributed by atoms with Crippen LogP contribution in [0.2, 0.25) is 0 Å². The lowest BCUT2D eigenvalue weighted by atomic mass is 10.1. The van der Waals surface area contributed by atoms with Crippen LogP contribution in [0.25, 0.3) is 0 Å². The summed E-state index contributed by atoms with van der Waals surface area (Å²) in [5, 5.41) is 0. The molecular formula is C11H22F2. The first-order valence-electron chi connectivity index (χ1n) is 5.55. The fourth-order valence-corrected chi connectivity index (χ4v) is 1.43. The Morgan fingerprint density at radius 3 is 1.69 bits per heavy atom. The molecule has 80 valence electrons. The molecule has 0 saturated heterocycles. The average Bonchev–Trinajstić information content (AvgIpc) is 2.09. The van der Waals surface area contributed by atoms with Gasteiger partial charge in [0.1, 0.15) is 0 Å². The molecule has 13 heavy (non-hydrogen) atoms. The van der Waals surface area contributed by atoms with E-state index < -0.39 is 6.43 Å². The first-order valence-corrected chi connectivity index (χ1v) is 5.55. The summed E-state index contributed by atoms with van der Waals surface area (Å²) >= 11 is 0. The number of unbranched alkanes of at least 4 members (excludes halogenated alkanes) is 7. The van der Waals surface area contributed by atoms with Crippen LogP contribution in [0.15, 0.2) is 0 Å². The van der Waals surface area contributed by atoms with Gasteiger partial charge in [-0.05, 0) is 6.42 Å². The fraction of sp³-hybridized carbons (Fsp3) is 1.00. The minimum absolute atomic E-state index is 0.0922. The molecule has 0 aliphatic heterocycles. The molecule has 0 heterocycles. The topological polar surface area (TPSA) is 0 Å². The Kier molecular flexibility index (Phi) is 9.84. The van der Waals surface area contributed by atoms with E-state index in [1.165, 1.54) is 32.1 Å². The molecule has 0 amide bonds. The number of rotatable bonds is 9. The molecule has 0 aromatic rings. The van der Waals surface area contributed by atoms with Gasteiger partial charge < -0.3 is 0 Å². The molecule has 0 N–H and O–H groups in total. The van der Waals surface area contributed by atoms with Gasteiger partial charge in [0.2, 0.25) is 6.43 Å². The van der Waals surface area contributed by atoms with E-state index in [0.29, 0.717) is 6.42 Å². The van der Waals surface area contributed by atoms with E-state index in [1.807, 2.05) is 0 Å². The van der Waals surface area contributed by atoms with Crippen molar-refractivity contribution in [3.8, 4) is 0 Å². The zero-order valence-corrected chi connectivity index (χ0v) is 8.70. The summed E-state index contributed by atoms with van der Waals surface area (Å²) in [7, 11) is 0. The second-order valence-corrected chi connectivity index (χ2v) is 3.65. The van der Waals surface area contributed by atoms with Gasteiger partial charge in [-0.2, -0.15) is 0 Å². The third-order valence-corrected chi connectivity index (χ3v) is 2.28. The van der Waals surface area contributed by atoms with E-state index in [-0.39, 0.29) is 6.42 Å². The van der Waals surface area contributed by atoms with Crippen LogP contribution in [0, 0.1) is 0 Å². The quantitative estimate of drug-likeness (QED) is 0.461. The average molecular weight is 192 g/mol. The van der Waals surface area contributed by atoms with Gasteiger partial charge in [-0.1, -0.05) is 51.9 Å². The maximum Gasteiger partial charge on any atom is 0.238 e. The molecule has 0 spiro atoms. The van der Waals surface area contributed by atoms with E-state index in [9.17, 15) is 8.78 Å². The van der Waals surface area contributed by atoms with E-state index >= 15 is 0 Å². The lowest BCUT2D eigenvalue weighted by Gasteiger charge is -2.00. The maximum absolute atomic E-state index is 11.7. The van der Waals surface area contributed by atoms with E-state index in [1.54, 1.807) is 0 Å². The Morgan fingerprint density at radius 1 is 0.769 bits per heavy atom. The minimum atomic E-state index is -2.10. The van der Waals surface area contributed by atoms with Gasteiger partial charge in [-0.3, -0.25) is 0 Å². The Labute approximate surface area is 80.7 Å². The van der Waals surface area contributed by atoms with Crippen LogP contribution in [-0.4, -0.2) is 6.43 Å². The predicted molar refractivity (Wildman–Crippen MR) is 53.2 cm³/mol. The summed E-state index contributed by atoms with van der Waals surface area (Å²) in [6, 6.07) is 0. The summed E-state index contributed by atoms with van der Waals surface area (Å²) in [4.78, 5) is 0. The van der Waals surface area contributed by atoms with Gasteiger partial charge in [0.05, 0.1) is 0 Å². The Bertz CT molecular complexity index is 92.1. The third kappa shape index (κ3) is 11.9. The zero-order chi connectivity index (χ0) is 9.94. The highest BCUT2D eigenvalue weighted by molar-refractivity contribution is 4.47. The van der Waals surface area contributed by atoms with Crippen molar-refractivity contribution in [2.24, 2.45) is 0 Å². The van der Waals surface area contributed by atoms with Crippen LogP contribution >= 0.6 is 0 Å². The Balaban J connectivity index is 2.84. The molecule has 2 heteroatoms. The van der Waals surface area contributed by atoms with E-state index in [0.717, 1.165) is 12.8 Å². The number of hydrogen-bond acceptors (Lipinski definition) is 0. The lowest BCUT2D eigenvalue weighted by molar-refractivity contribution is 0.133. The lowest BCUT2D eigenvalue weighted by Crippen LogP contribution is -1.89. The van der Waals surface area contributed by atoms with Crippen LogP contribution < -0.4 is 0 Å². The summed E-state index contributed by atoms with van der Waals surface area (Å²) in [5.74, 6) is 0. The summed E-state index contributed by atoms with van der Waals surface area (Å²) < 4.78 is 23.4. The highest BCUT2D eigenvalue weighted by Gasteiger charge is 2.00. The predicted octanol–water partition coefficient (Wildman–Crippen LogP) is 4.78. The fourth-order valence-electron chi connectivity index (χ4n) is 1.43. The molecule has 0 aliphatic rings. The van der Waals surface area contributed by atoms with Crippen molar-refractivity contribution < 1.29 is 8.78 Å². The van der Waals surface area contributed by atoms with Crippen LogP contribution in [0.4, 0.5) is 8.78 Å². The van der Waals surface area contributed by atoms with Crippen molar-refractivity contribution in [1.29, 1.82) is 0 Å². The highest BCUT2D eigenvalue weighted by atomic mass is 19.3. The number of alkyl halides is 2. The van der Waals surface area contributed by atoms with E-state index in [2.05, 4.69) is 6.92 Å². The Morgan fingerprint density at radius 2 is 1.23 bits per heavy atom. The summed E-state index contributed by atoms with van der Waals surface area (Å²) in [6.45, 7) is 2.20. The van der Waals surface area contributed by atoms with E-state index in [4.69, 9.17) is 0 Å². The van der Waals surface area contributed by atoms with Crippen molar-refractivity contribution in [1.82, 2.24) is 0 Å². The first kappa shape index (κ1) is 12.9. The third-order valence-electron chi connectivity index (χ3n) is 2.28. The SMILES string of the molecule is CCCCCCCCCCC(F)F. The van der Waals surface area contributed by atoms with Crippen LogP contribution in [-0.2, 0) is 0 Å². The molecule has 0 saturated carbocycles. The van der Waals surface area contributed by atoms with Gasteiger partial charge in [0, 0.05) is 6.42 Å². The molecule has 0 aromatic carbocycles. The molecule has 0 aromatic heterocycles. The van der Waals surface area contributed by atoms with Gasteiger partial charge in [-0.15, -0.1) is 0 Å². The summed E-state index contributed by atoms with van der Waals surface area (Å²) in [6.07, 6.45) is 7.22. The maximum atomic E-state index is 11.7. The molecule has 0 fully saturated rings. The standard InChI is InChI=1S/C11H22F2/c1-2-3-4-5-6-7-8-9-10-11(12)13/h11H,2-10H2,1H3. The number of halogens is 2. The Hall–Kier alpha value is -0.140. The molecule has 0 nitrogen and oxygen atoms in total. The van der Waals surface area contributed by atoms with Crippen molar-refractivity contribution in [3.05, 3.63) is 0 Å². The highest BCUT2D eigenvalue weighted by Crippen LogP contribution is 2.11. The van der Waals surface area contributed by atoms with Crippen molar-refractivity contribution in [2.45, 2.75) is 71.1 Å². The molecule has 0 aliphatic carbocycles. The van der Waals surface area contributed by atoms with Crippen molar-refractivity contribution in [3.63, 3.8) is 0 Å². The normalized spacial score (nSPS) is 11.1. The molecule has 0 bridgehead atoms. The van der Waals surface area contributed by atoms with Gasteiger partial charge >= 0.3 is 0 Å². The zero-order valence-electron chi connectivity index (χ0n) is 8.70. The van der Waals surface area contributed by atoms with Gasteiger partial charge in [0.25, 0.3) is 0 Å². The second kappa shape index (κ2) is 9.94. The molecule has 0 unspecified atom stereocenters. The van der Waals surface area contributed by atoms with Crippen LogP contribution in [0.3, 0.4) is 0 Å². The molecule has 0 rings (SSSR count). The minimum Gasteiger partial charge on any atom is -0.211 e. The van der Waals surface area contributed by atoms with Gasteiger partial charge in [-0.25, -0.2) is 8.78 Å². The van der Waals surface area contributed by atoms with Crippen molar-refractivity contribution >= 4 is 0 Å².